The Morgan fingerprint density at radius 2 is 1.75 bits per heavy atom. The lowest BCUT2D eigenvalue weighted by Gasteiger charge is -1.80. The van der Waals surface area contributed by atoms with Crippen LogP contribution in [0.3, 0.4) is 0 Å². The first kappa shape index (κ1) is 11.2. The quantitative estimate of drug-likeness (QED) is 0.718. The third kappa shape index (κ3) is 7.33. The van der Waals surface area contributed by atoms with Gasteiger partial charge in [-0.25, -0.2) is 0 Å². The molecular formula is C8H8IO3-. The van der Waals surface area contributed by atoms with E-state index < -0.39 is 27.2 Å². The number of carbonyl (C=O) groups excluding carboxylic acids is 1. The molecule has 0 aromatic heterocycles. The zero-order valence-corrected chi connectivity index (χ0v) is 8.65. The molecule has 0 heterocycles. The summed E-state index contributed by atoms with van der Waals surface area (Å²) in [4.78, 5) is 8.89. The number of hydrogen-bond acceptors (Lipinski definition) is 3. The number of rotatable bonds is 1. The van der Waals surface area contributed by atoms with Gasteiger partial charge in [0.25, 0.3) is 0 Å². The predicted octanol–water partition coefficient (Wildman–Crippen LogP) is 0.929. The fourth-order valence-electron chi connectivity index (χ4n) is 0.466. The van der Waals surface area contributed by atoms with Gasteiger partial charge in [0.1, 0.15) is 0 Å². The number of aliphatic carboxylic acids is 1. The summed E-state index contributed by atoms with van der Waals surface area (Å²) in [7, 11) is 0. The van der Waals surface area contributed by atoms with Crippen LogP contribution < -0.4 is 5.11 Å². The van der Waals surface area contributed by atoms with Gasteiger partial charge in [-0.1, -0.05) is 18.2 Å². The van der Waals surface area contributed by atoms with Crippen LogP contribution in [0, 0.1) is 3.57 Å². The van der Waals surface area contributed by atoms with Gasteiger partial charge in [-0.2, -0.15) is 0 Å². The Bertz CT molecular complexity index is 242. The SMILES string of the molecule is CC(=O)[O-].O=Ic1ccccc1. The van der Waals surface area contributed by atoms with Crippen LogP contribution in [0.4, 0.5) is 0 Å². The zero-order chi connectivity index (χ0) is 9.40. The number of carboxylic acid groups (broad SMARTS) is 1. The van der Waals surface area contributed by atoms with Crippen molar-refractivity contribution >= 4 is 27.2 Å². The number of halogens is 1. The molecule has 0 fully saturated rings. The average Bonchev–Trinajstić information content (AvgIpc) is 2.05. The Balaban J connectivity index is 0.000000261. The normalized spacial score (nSPS) is 8.08. The van der Waals surface area contributed by atoms with Gasteiger partial charge >= 0.3 is 0 Å². The van der Waals surface area contributed by atoms with Crippen LogP contribution in [0.5, 0.6) is 0 Å². The molecule has 12 heavy (non-hydrogen) atoms. The number of hydrogen-bond donors (Lipinski definition) is 0. The number of carboxylic acids is 1. The average molecular weight is 279 g/mol. The smallest absolute Gasteiger partial charge is 0.182 e. The molecule has 0 aliphatic heterocycles. The van der Waals surface area contributed by atoms with E-state index in [1.165, 1.54) is 0 Å². The molecule has 0 aliphatic carbocycles. The lowest BCUT2D eigenvalue weighted by atomic mass is 10.4. The minimum absolute atomic E-state index is 0.941. The molecule has 4 heteroatoms. The molecule has 0 saturated carbocycles. The van der Waals surface area contributed by atoms with E-state index in [9.17, 15) is 3.07 Å². The highest BCUT2D eigenvalue weighted by Gasteiger charge is 1.81. The van der Waals surface area contributed by atoms with Crippen molar-refractivity contribution in [2.75, 3.05) is 0 Å². The molecule has 66 valence electrons. The van der Waals surface area contributed by atoms with E-state index in [-0.39, 0.29) is 0 Å². The molecule has 0 atom stereocenters. The topological polar surface area (TPSA) is 57.2 Å². The maximum Gasteiger partial charge on any atom is 0.182 e. The van der Waals surface area contributed by atoms with Crippen molar-refractivity contribution < 1.29 is 13.0 Å². The minimum atomic E-state index is -1.08. The molecule has 0 N–H and O–H groups in total. The van der Waals surface area contributed by atoms with Gasteiger partial charge in [0.05, 0.1) is 0 Å². The first-order chi connectivity index (χ1) is 5.66. The van der Waals surface area contributed by atoms with Gasteiger partial charge in [0, 0.05) is 9.54 Å². The second kappa shape index (κ2) is 6.90. The molecular weight excluding hydrogens is 271 g/mol. The summed E-state index contributed by atoms with van der Waals surface area (Å²) in [5.74, 6) is -1.08. The summed E-state index contributed by atoms with van der Waals surface area (Å²) in [6, 6.07) is 9.46. The van der Waals surface area contributed by atoms with Gasteiger partial charge in [0.2, 0.25) is 0 Å². The lowest BCUT2D eigenvalue weighted by molar-refractivity contribution is -0.302. The molecule has 0 spiro atoms. The van der Waals surface area contributed by atoms with Crippen molar-refractivity contribution in [3.8, 4) is 0 Å². The van der Waals surface area contributed by atoms with Crippen LogP contribution in [0.25, 0.3) is 0 Å². The fraction of sp³-hybridized carbons (Fsp3) is 0.125. The van der Waals surface area contributed by atoms with Crippen LogP contribution in [0.15, 0.2) is 30.3 Å². The molecule has 0 amide bonds. The van der Waals surface area contributed by atoms with E-state index in [1.807, 2.05) is 30.3 Å². The summed E-state index contributed by atoms with van der Waals surface area (Å²) in [5, 5.41) is 8.89. The van der Waals surface area contributed by atoms with Gasteiger partial charge in [-0.15, -0.1) is 0 Å². The van der Waals surface area contributed by atoms with Crippen molar-refractivity contribution in [1.29, 1.82) is 0 Å². The Hall–Kier alpha value is -0.780. The first-order valence-corrected chi connectivity index (χ1v) is 5.12. The molecule has 0 bridgehead atoms. The van der Waals surface area contributed by atoms with E-state index >= 15 is 0 Å². The van der Waals surface area contributed by atoms with Crippen molar-refractivity contribution in [3.05, 3.63) is 33.9 Å². The third-order valence-corrected chi connectivity index (χ3v) is 2.05. The van der Waals surface area contributed by atoms with E-state index in [1.54, 1.807) is 0 Å². The van der Waals surface area contributed by atoms with Crippen molar-refractivity contribution in [2.45, 2.75) is 6.92 Å². The summed E-state index contributed by atoms with van der Waals surface area (Å²) < 4.78 is 11.2. The molecule has 0 aliphatic rings. The maximum atomic E-state index is 10.2. The van der Waals surface area contributed by atoms with Crippen molar-refractivity contribution in [3.63, 3.8) is 0 Å². The molecule has 0 radical (unpaired) electrons. The van der Waals surface area contributed by atoms with Crippen molar-refractivity contribution in [2.24, 2.45) is 0 Å². The summed E-state index contributed by atoms with van der Waals surface area (Å²) in [6.07, 6.45) is 0. The highest BCUT2D eigenvalue weighted by Crippen LogP contribution is 2.06. The van der Waals surface area contributed by atoms with Crippen molar-refractivity contribution in [1.82, 2.24) is 0 Å². The highest BCUT2D eigenvalue weighted by molar-refractivity contribution is 14.1. The van der Waals surface area contributed by atoms with E-state index in [0.29, 0.717) is 0 Å². The Morgan fingerprint density at radius 1 is 1.33 bits per heavy atom. The standard InChI is InChI=1S/C6H5IO.C2H4O2/c8-7-6-4-2-1-3-5-6;1-2(3)4/h1-5H;1H3,(H,3,4)/p-1. The van der Waals surface area contributed by atoms with E-state index in [4.69, 9.17) is 9.90 Å². The molecule has 0 unspecified atom stereocenters. The monoisotopic (exact) mass is 279 g/mol. The van der Waals surface area contributed by atoms with Gasteiger partial charge < -0.3 is 9.90 Å². The van der Waals surface area contributed by atoms with Crippen LogP contribution in [-0.2, 0) is 7.86 Å². The van der Waals surface area contributed by atoms with Crippen LogP contribution in [0.2, 0.25) is 0 Å². The molecule has 1 aromatic rings. The largest absolute Gasteiger partial charge is 0.550 e. The second-order valence-corrected chi connectivity index (χ2v) is 3.55. The lowest BCUT2D eigenvalue weighted by Crippen LogP contribution is -2.16. The first-order valence-electron chi connectivity index (χ1n) is 3.16. The van der Waals surface area contributed by atoms with Crippen LogP contribution in [0.1, 0.15) is 6.92 Å². The third-order valence-electron chi connectivity index (χ3n) is 0.822. The Labute approximate surface area is 81.1 Å². The molecule has 3 nitrogen and oxygen atoms in total. The van der Waals surface area contributed by atoms with Gasteiger partial charge in [0.15, 0.2) is 21.2 Å². The Kier molecular flexibility index (Phi) is 6.45. The molecule has 1 aromatic carbocycles. The Morgan fingerprint density at radius 3 is 2.00 bits per heavy atom. The summed E-state index contributed by atoms with van der Waals surface area (Å²) >= 11 is -0.941. The van der Waals surface area contributed by atoms with Gasteiger partial charge in [-0.3, -0.25) is 3.07 Å². The molecule has 0 saturated heterocycles. The zero-order valence-electron chi connectivity index (χ0n) is 6.49. The predicted molar refractivity (Wildman–Crippen MR) is 50.5 cm³/mol. The number of benzene rings is 1. The minimum Gasteiger partial charge on any atom is -0.550 e. The van der Waals surface area contributed by atoms with Gasteiger partial charge in [-0.05, 0) is 19.1 Å². The molecule has 1 rings (SSSR count). The van der Waals surface area contributed by atoms with Crippen LogP contribution in [-0.4, -0.2) is 5.97 Å². The summed E-state index contributed by atoms with van der Waals surface area (Å²) in [5.41, 5.74) is 0. The maximum absolute atomic E-state index is 10.2. The second-order valence-electron chi connectivity index (χ2n) is 1.86. The van der Waals surface area contributed by atoms with E-state index in [0.717, 1.165) is 10.5 Å². The highest BCUT2D eigenvalue weighted by atomic mass is 127. The number of carbonyl (C=O) groups is 1. The van der Waals surface area contributed by atoms with Crippen LogP contribution >= 0.6 is 21.2 Å². The van der Waals surface area contributed by atoms with E-state index in [2.05, 4.69) is 0 Å². The fourth-order valence-corrected chi connectivity index (χ4v) is 1.17. The summed E-state index contributed by atoms with van der Waals surface area (Å²) in [6.45, 7) is 0.972.